The second-order valence-corrected chi connectivity index (χ2v) is 9.31. The summed E-state index contributed by atoms with van der Waals surface area (Å²) in [6, 6.07) is 9.82. The average molecular weight is 404 g/mol. The van der Waals surface area contributed by atoms with E-state index in [0.29, 0.717) is 22.2 Å². The van der Waals surface area contributed by atoms with Crippen LogP contribution in [0.2, 0.25) is 0 Å². The first-order valence-electron chi connectivity index (χ1n) is 9.27. The predicted octanol–water partition coefficient (Wildman–Crippen LogP) is 5.17. The number of rotatable bonds is 6. The second-order valence-electron chi connectivity index (χ2n) is 7.16. The third-order valence-electron chi connectivity index (χ3n) is 4.42. The van der Waals surface area contributed by atoms with E-state index >= 15 is 0 Å². The monoisotopic (exact) mass is 403 g/mol. The Labute approximate surface area is 168 Å². The van der Waals surface area contributed by atoms with Crippen LogP contribution in [0.5, 0.6) is 0 Å². The van der Waals surface area contributed by atoms with Crippen LogP contribution in [0.1, 0.15) is 48.0 Å². The number of carbonyl (C=O) groups excluding carboxylic acids is 2. The summed E-state index contributed by atoms with van der Waals surface area (Å²) in [4.78, 5) is 27.4. The van der Waals surface area contributed by atoms with E-state index in [0.717, 1.165) is 29.7 Å². The fourth-order valence-corrected chi connectivity index (χ4v) is 5.29. The number of nitrogens with one attached hydrogen (secondary N) is 1. The molecule has 1 N–H and O–H groups in total. The van der Waals surface area contributed by atoms with Crippen molar-refractivity contribution in [3.63, 3.8) is 0 Å². The summed E-state index contributed by atoms with van der Waals surface area (Å²) < 4.78 is 5.45. The molecule has 0 saturated carbocycles. The quantitative estimate of drug-likeness (QED) is 0.534. The molecular weight excluding hydrogens is 378 g/mol. The van der Waals surface area contributed by atoms with Gasteiger partial charge in [0.15, 0.2) is 0 Å². The molecule has 1 aliphatic carbocycles. The van der Waals surface area contributed by atoms with Gasteiger partial charge in [-0.05, 0) is 56.7 Å². The summed E-state index contributed by atoms with van der Waals surface area (Å²) in [5.74, 6) is 0.473. The summed E-state index contributed by atoms with van der Waals surface area (Å²) in [7, 11) is 0. The summed E-state index contributed by atoms with van der Waals surface area (Å²) in [5, 5.41) is 3.60. The predicted molar refractivity (Wildman–Crippen MR) is 112 cm³/mol. The molecule has 2 aromatic rings. The molecular formula is C21H25NO3S2. The third kappa shape index (κ3) is 5.14. The minimum absolute atomic E-state index is 0.103. The zero-order valence-corrected chi connectivity index (χ0v) is 17.5. The van der Waals surface area contributed by atoms with Gasteiger partial charge in [-0.2, -0.15) is 0 Å². The lowest BCUT2D eigenvalue weighted by molar-refractivity contribution is -0.113. The van der Waals surface area contributed by atoms with Crippen molar-refractivity contribution in [2.75, 3.05) is 11.1 Å². The van der Waals surface area contributed by atoms with Crippen molar-refractivity contribution in [1.82, 2.24) is 0 Å². The molecule has 0 radical (unpaired) electrons. The van der Waals surface area contributed by atoms with Crippen LogP contribution in [-0.2, 0) is 22.4 Å². The van der Waals surface area contributed by atoms with Gasteiger partial charge in [0.2, 0.25) is 5.91 Å². The number of anilines is 1. The smallest absolute Gasteiger partial charge is 0.341 e. The van der Waals surface area contributed by atoms with Crippen molar-refractivity contribution >= 4 is 40.0 Å². The standard InChI is InChI=1S/C21H25NO3S2/c1-13(2)25-21(24)19-16-10-9-14(3)11-17(16)27-20(19)22-18(23)12-26-15-7-5-4-6-8-15/h4-8,13-14H,9-12H2,1-3H3,(H,22,23). The second kappa shape index (κ2) is 8.93. The number of hydrogen-bond donors (Lipinski definition) is 1. The topological polar surface area (TPSA) is 55.4 Å². The van der Waals surface area contributed by atoms with E-state index in [1.54, 1.807) is 0 Å². The largest absolute Gasteiger partial charge is 0.459 e. The fraction of sp³-hybridized carbons (Fsp3) is 0.429. The Bertz CT molecular complexity index is 814. The van der Waals surface area contributed by atoms with Crippen LogP contribution in [0.4, 0.5) is 5.00 Å². The average Bonchev–Trinajstić information content (AvgIpc) is 2.97. The van der Waals surface area contributed by atoms with Crippen LogP contribution >= 0.6 is 23.1 Å². The van der Waals surface area contributed by atoms with Crippen LogP contribution in [0.15, 0.2) is 35.2 Å². The molecule has 144 valence electrons. The number of fused-ring (bicyclic) bond motifs is 1. The summed E-state index contributed by atoms with van der Waals surface area (Å²) in [6.07, 6.45) is 2.69. The SMILES string of the molecule is CC1CCc2c(sc(NC(=O)CSc3ccccc3)c2C(=O)OC(C)C)C1. The normalized spacial score (nSPS) is 16.1. The van der Waals surface area contributed by atoms with E-state index in [-0.39, 0.29) is 18.0 Å². The number of carbonyl (C=O) groups is 2. The van der Waals surface area contributed by atoms with Gasteiger partial charge >= 0.3 is 5.97 Å². The zero-order chi connectivity index (χ0) is 19.4. The molecule has 0 spiro atoms. The van der Waals surface area contributed by atoms with E-state index in [1.165, 1.54) is 28.0 Å². The van der Waals surface area contributed by atoms with Gasteiger partial charge in [-0.15, -0.1) is 23.1 Å². The Balaban J connectivity index is 1.77. The van der Waals surface area contributed by atoms with Crippen LogP contribution in [-0.4, -0.2) is 23.7 Å². The van der Waals surface area contributed by atoms with E-state index in [4.69, 9.17) is 4.74 Å². The van der Waals surface area contributed by atoms with E-state index < -0.39 is 0 Å². The van der Waals surface area contributed by atoms with E-state index in [1.807, 2.05) is 44.2 Å². The van der Waals surface area contributed by atoms with Gasteiger partial charge in [0.25, 0.3) is 0 Å². The number of hydrogen-bond acceptors (Lipinski definition) is 5. The molecule has 0 fully saturated rings. The molecule has 0 bridgehead atoms. The third-order valence-corrected chi connectivity index (χ3v) is 6.61. The van der Waals surface area contributed by atoms with E-state index in [9.17, 15) is 9.59 Å². The van der Waals surface area contributed by atoms with Gasteiger partial charge in [-0.3, -0.25) is 4.79 Å². The number of benzene rings is 1. The maximum absolute atomic E-state index is 12.7. The van der Waals surface area contributed by atoms with Crippen molar-refractivity contribution in [3.8, 4) is 0 Å². The van der Waals surface area contributed by atoms with Crippen molar-refractivity contribution in [1.29, 1.82) is 0 Å². The molecule has 1 aromatic carbocycles. The molecule has 0 aliphatic heterocycles. The zero-order valence-electron chi connectivity index (χ0n) is 15.9. The Hall–Kier alpha value is -1.79. The summed E-state index contributed by atoms with van der Waals surface area (Å²) in [6.45, 7) is 5.91. The highest BCUT2D eigenvalue weighted by Gasteiger charge is 2.29. The minimum atomic E-state index is -0.330. The molecule has 3 rings (SSSR count). The lowest BCUT2D eigenvalue weighted by Crippen LogP contribution is -2.19. The summed E-state index contributed by atoms with van der Waals surface area (Å²) in [5.41, 5.74) is 1.63. The Morgan fingerprint density at radius 3 is 2.74 bits per heavy atom. The molecule has 6 heteroatoms. The molecule has 1 aromatic heterocycles. The van der Waals surface area contributed by atoms with Crippen molar-refractivity contribution < 1.29 is 14.3 Å². The van der Waals surface area contributed by atoms with Gasteiger partial charge in [0.05, 0.1) is 17.4 Å². The first-order valence-corrected chi connectivity index (χ1v) is 11.1. The number of ether oxygens (including phenoxy) is 1. The van der Waals surface area contributed by atoms with Crippen molar-refractivity contribution in [3.05, 3.63) is 46.3 Å². The number of thioether (sulfide) groups is 1. The van der Waals surface area contributed by atoms with E-state index in [2.05, 4.69) is 12.2 Å². The molecule has 1 heterocycles. The fourth-order valence-electron chi connectivity index (χ4n) is 3.16. The molecule has 1 atom stereocenters. The molecule has 0 saturated heterocycles. The van der Waals surface area contributed by atoms with Gasteiger partial charge in [-0.25, -0.2) is 4.79 Å². The lowest BCUT2D eigenvalue weighted by atomic mass is 9.88. The number of esters is 1. The van der Waals surface area contributed by atoms with Crippen LogP contribution < -0.4 is 5.32 Å². The highest BCUT2D eigenvalue weighted by molar-refractivity contribution is 8.00. The van der Waals surface area contributed by atoms with Crippen LogP contribution in [0, 0.1) is 5.92 Å². The Kier molecular flexibility index (Phi) is 6.60. The van der Waals surface area contributed by atoms with Crippen LogP contribution in [0.3, 0.4) is 0 Å². The highest BCUT2D eigenvalue weighted by atomic mass is 32.2. The lowest BCUT2D eigenvalue weighted by Gasteiger charge is -2.18. The van der Waals surface area contributed by atoms with Crippen molar-refractivity contribution in [2.45, 2.75) is 51.0 Å². The Morgan fingerprint density at radius 1 is 1.30 bits per heavy atom. The minimum Gasteiger partial charge on any atom is -0.459 e. The van der Waals surface area contributed by atoms with Gasteiger partial charge in [0, 0.05) is 9.77 Å². The Morgan fingerprint density at radius 2 is 2.04 bits per heavy atom. The number of thiophene rings is 1. The maximum atomic E-state index is 12.7. The number of amides is 1. The first-order chi connectivity index (χ1) is 12.9. The highest BCUT2D eigenvalue weighted by Crippen LogP contribution is 2.40. The molecule has 1 unspecified atom stereocenters. The molecule has 4 nitrogen and oxygen atoms in total. The van der Waals surface area contributed by atoms with Gasteiger partial charge < -0.3 is 10.1 Å². The van der Waals surface area contributed by atoms with Crippen LogP contribution in [0.25, 0.3) is 0 Å². The van der Waals surface area contributed by atoms with Crippen molar-refractivity contribution in [2.24, 2.45) is 5.92 Å². The first kappa shape index (κ1) is 20.0. The molecule has 27 heavy (non-hydrogen) atoms. The molecule has 1 aliphatic rings. The maximum Gasteiger partial charge on any atom is 0.341 e. The molecule has 1 amide bonds. The van der Waals surface area contributed by atoms with Gasteiger partial charge in [0.1, 0.15) is 5.00 Å². The van der Waals surface area contributed by atoms with Gasteiger partial charge in [-0.1, -0.05) is 25.1 Å². The summed E-state index contributed by atoms with van der Waals surface area (Å²) >= 11 is 3.01.